The number of ether oxygens (including phenoxy) is 1. The molecule has 2 N–H and O–H groups in total. The topological polar surface area (TPSA) is 104 Å². The Morgan fingerprint density at radius 1 is 1.53 bits per heavy atom. The largest absolute Gasteiger partial charge is 0.469 e. The van der Waals surface area contributed by atoms with Crippen molar-refractivity contribution in [2.45, 2.75) is 25.4 Å². The number of nitrogens with two attached hydrogens (primary N) is 1. The molecule has 0 aromatic carbocycles. The molecule has 0 atom stereocenters. The van der Waals surface area contributed by atoms with Gasteiger partial charge in [-0.2, -0.15) is 4.98 Å². The molecule has 0 bridgehead atoms. The highest BCUT2D eigenvalue weighted by atomic mass is 16.6. The molecule has 1 aliphatic rings. The summed E-state index contributed by atoms with van der Waals surface area (Å²) < 4.78 is 5.35. The van der Waals surface area contributed by atoms with Crippen LogP contribution in [0.3, 0.4) is 0 Å². The van der Waals surface area contributed by atoms with E-state index in [1.54, 1.807) is 0 Å². The molecule has 1 aliphatic carbocycles. The minimum Gasteiger partial charge on any atom is -0.469 e. The van der Waals surface area contributed by atoms with Crippen LogP contribution < -0.4 is 10.5 Å². The maximum absolute atomic E-state index is 10.7. The van der Waals surface area contributed by atoms with Crippen molar-refractivity contribution in [3.63, 3.8) is 0 Å². The van der Waals surface area contributed by atoms with Gasteiger partial charge in [-0.25, -0.2) is 4.98 Å². The molecule has 80 valence electrons. The van der Waals surface area contributed by atoms with Crippen LogP contribution in [0.4, 0.5) is 11.5 Å². The van der Waals surface area contributed by atoms with Crippen LogP contribution in [-0.2, 0) is 0 Å². The number of anilines is 1. The lowest BCUT2D eigenvalue weighted by Gasteiger charge is -2.25. The first-order valence-corrected chi connectivity index (χ1v) is 4.60. The lowest BCUT2D eigenvalue weighted by atomic mass is 9.96. The molecule has 0 amide bonds. The zero-order chi connectivity index (χ0) is 10.8. The third kappa shape index (κ3) is 1.80. The van der Waals surface area contributed by atoms with Crippen LogP contribution in [0, 0.1) is 10.1 Å². The van der Waals surface area contributed by atoms with Gasteiger partial charge in [0, 0.05) is 0 Å². The highest BCUT2D eigenvalue weighted by Crippen LogP contribution is 2.32. The van der Waals surface area contributed by atoms with Gasteiger partial charge in [0.2, 0.25) is 5.82 Å². The molecular formula is C8H10N4O3. The second kappa shape index (κ2) is 3.68. The van der Waals surface area contributed by atoms with E-state index in [0.29, 0.717) is 0 Å². The summed E-state index contributed by atoms with van der Waals surface area (Å²) in [6.07, 6.45) is 4.08. The van der Waals surface area contributed by atoms with E-state index in [-0.39, 0.29) is 23.5 Å². The van der Waals surface area contributed by atoms with Crippen LogP contribution in [0.2, 0.25) is 0 Å². The first-order chi connectivity index (χ1) is 7.18. The fourth-order valence-corrected chi connectivity index (χ4v) is 1.28. The van der Waals surface area contributed by atoms with E-state index in [1.165, 1.54) is 0 Å². The average molecular weight is 210 g/mol. The van der Waals surface area contributed by atoms with Crippen molar-refractivity contribution in [2.75, 3.05) is 5.73 Å². The van der Waals surface area contributed by atoms with Gasteiger partial charge in [-0.05, 0) is 19.3 Å². The number of hydrogen-bond acceptors (Lipinski definition) is 6. The van der Waals surface area contributed by atoms with Gasteiger partial charge in [-0.15, -0.1) is 0 Å². The Labute approximate surface area is 85.4 Å². The normalized spacial score (nSPS) is 15.7. The highest BCUT2D eigenvalue weighted by molar-refractivity contribution is 5.57. The maximum atomic E-state index is 10.7. The molecule has 7 heteroatoms. The van der Waals surface area contributed by atoms with E-state index in [9.17, 15) is 10.1 Å². The number of nitro groups is 1. The molecule has 1 heterocycles. The van der Waals surface area contributed by atoms with Gasteiger partial charge in [-0.1, -0.05) is 0 Å². The molecule has 0 radical (unpaired) electrons. The molecule has 0 saturated heterocycles. The van der Waals surface area contributed by atoms with Crippen LogP contribution in [0.15, 0.2) is 6.33 Å². The van der Waals surface area contributed by atoms with Gasteiger partial charge in [-0.3, -0.25) is 10.1 Å². The van der Waals surface area contributed by atoms with E-state index in [0.717, 1.165) is 25.6 Å². The van der Waals surface area contributed by atoms with Crippen LogP contribution in [0.25, 0.3) is 0 Å². The van der Waals surface area contributed by atoms with Crippen molar-refractivity contribution in [2.24, 2.45) is 0 Å². The summed E-state index contributed by atoms with van der Waals surface area (Å²) in [6.45, 7) is 0. The van der Waals surface area contributed by atoms with Crippen molar-refractivity contribution < 1.29 is 9.66 Å². The zero-order valence-electron chi connectivity index (χ0n) is 7.92. The summed E-state index contributed by atoms with van der Waals surface area (Å²) in [5.74, 6) is -0.193. The standard InChI is InChI=1S/C8H10N4O3/c9-7-6(12(13)14)8(11-4-10-7)15-5-2-1-3-5/h4-5H,1-3H2,(H2,9,10,11). The van der Waals surface area contributed by atoms with Crippen molar-refractivity contribution in [3.8, 4) is 5.88 Å². The summed E-state index contributed by atoms with van der Waals surface area (Å²) in [6, 6.07) is 0. The highest BCUT2D eigenvalue weighted by Gasteiger charge is 2.27. The summed E-state index contributed by atoms with van der Waals surface area (Å²) in [5.41, 5.74) is 5.04. The number of rotatable bonds is 3. The fraction of sp³-hybridized carbons (Fsp3) is 0.500. The molecule has 1 aromatic heterocycles. The van der Waals surface area contributed by atoms with Gasteiger partial charge in [0.15, 0.2) is 0 Å². The van der Waals surface area contributed by atoms with E-state index in [2.05, 4.69) is 9.97 Å². The van der Waals surface area contributed by atoms with Gasteiger partial charge in [0.05, 0.1) is 4.92 Å². The molecule has 15 heavy (non-hydrogen) atoms. The van der Waals surface area contributed by atoms with Crippen molar-refractivity contribution in [1.82, 2.24) is 9.97 Å². The second-order valence-corrected chi connectivity index (χ2v) is 3.34. The fourth-order valence-electron chi connectivity index (χ4n) is 1.28. The SMILES string of the molecule is Nc1ncnc(OC2CCC2)c1[N+](=O)[O-]. The average Bonchev–Trinajstić information content (AvgIpc) is 2.10. The molecule has 0 spiro atoms. The Kier molecular flexibility index (Phi) is 2.36. The number of nitrogens with zero attached hydrogens (tertiary/aromatic N) is 3. The number of hydrogen-bond donors (Lipinski definition) is 1. The Balaban J connectivity index is 2.27. The molecule has 1 fully saturated rings. The van der Waals surface area contributed by atoms with E-state index in [4.69, 9.17) is 10.5 Å². The summed E-state index contributed by atoms with van der Waals surface area (Å²) in [4.78, 5) is 17.4. The van der Waals surface area contributed by atoms with Crippen molar-refractivity contribution >= 4 is 11.5 Å². The van der Waals surface area contributed by atoms with Crippen molar-refractivity contribution in [1.29, 1.82) is 0 Å². The van der Waals surface area contributed by atoms with Gasteiger partial charge in [0.25, 0.3) is 5.88 Å². The predicted octanol–water partition coefficient (Wildman–Crippen LogP) is 0.898. The number of aromatic nitrogens is 2. The molecule has 0 aliphatic heterocycles. The smallest absolute Gasteiger partial charge is 0.372 e. The molecule has 7 nitrogen and oxygen atoms in total. The summed E-state index contributed by atoms with van der Waals surface area (Å²) in [7, 11) is 0. The number of nitrogen functional groups attached to an aromatic ring is 1. The first-order valence-electron chi connectivity index (χ1n) is 4.60. The Morgan fingerprint density at radius 3 is 2.80 bits per heavy atom. The summed E-state index contributed by atoms with van der Waals surface area (Å²) in [5, 5.41) is 10.7. The zero-order valence-corrected chi connectivity index (χ0v) is 7.92. The van der Waals surface area contributed by atoms with E-state index >= 15 is 0 Å². The quantitative estimate of drug-likeness (QED) is 0.587. The minimum absolute atomic E-state index is 0.0259. The minimum atomic E-state index is -0.622. The van der Waals surface area contributed by atoms with Crippen molar-refractivity contribution in [3.05, 3.63) is 16.4 Å². The Hall–Kier alpha value is -1.92. The van der Waals surface area contributed by atoms with Crippen LogP contribution in [0.5, 0.6) is 5.88 Å². The van der Waals surface area contributed by atoms with Gasteiger partial charge < -0.3 is 10.5 Å². The molecule has 1 aromatic rings. The first kappa shape index (κ1) is 9.63. The van der Waals surface area contributed by atoms with Crippen LogP contribution in [0.1, 0.15) is 19.3 Å². The van der Waals surface area contributed by atoms with Crippen LogP contribution >= 0.6 is 0 Å². The molecule has 2 rings (SSSR count). The lowest BCUT2D eigenvalue weighted by molar-refractivity contribution is -0.385. The van der Waals surface area contributed by atoms with Gasteiger partial charge >= 0.3 is 5.69 Å². The third-order valence-electron chi connectivity index (χ3n) is 2.33. The Morgan fingerprint density at radius 2 is 2.27 bits per heavy atom. The predicted molar refractivity (Wildman–Crippen MR) is 51.4 cm³/mol. The molecule has 0 unspecified atom stereocenters. The lowest BCUT2D eigenvalue weighted by Crippen LogP contribution is -2.25. The van der Waals surface area contributed by atoms with Crippen LogP contribution in [-0.4, -0.2) is 21.0 Å². The molecule has 1 saturated carbocycles. The second-order valence-electron chi connectivity index (χ2n) is 3.34. The van der Waals surface area contributed by atoms with Gasteiger partial charge in [0.1, 0.15) is 12.4 Å². The van der Waals surface area contributed by atoms with E-state index < -0.39 is 4.92 Å². The third-order valence-corrected chi connectivity index (χ3v) is 2.33. The summed E-state index contributed by atoms with van der Waals surface area (Å²) >= 11 is 0. The maximum Gasteiger partial charge on any atom is 0.372 e. The molecular weight excluding hydrogens is 200 g/mol. The monoisotopic (exact) mass is 210 g/mol. The van der Waals surface area contributed by atoms with E-state index in [1.807, 2.05) is 0 Å². The Bertz CT molecular complexity index is 391.